The third kappa shape index (κ3) is 4.81. The highest BCUT2D eigenvalue weighted by molar-refractivity contribution is 9.10. The minimum atomic E-state index is -3.65. The second kappa shape index (κ2) is 8.98. The highest BCUT2D eigenvalue weighted by Crippen LogP contribution is 2.42. The van der Waals surface area contributed by atoms with E-state index in [4.69, 9.17) is 4.74 Å². The standard InChI is InChI=1S/C22H27BrN2O4S/c1-4-22(5-2)14-18(16-10-6-9-13-20(16)29-22)24-21(26)15-25(30(3,27)28)19-12-8-7-11-17(19)23/h6-13,18H,4-5,14-15H2,1-3H3,(H,24,26)/t18-/m1/s1. The van der Waals surface area contributed by atoms with E-state index in [-0.39, 0.29) is 24.1 Å². The van der Waals surface area contributed by atoms with Crippen molar-refractivity contribution >= 4 is 37.5 Å². The number of hydrogen-bond donors (Lipinski definition) is 1. The Labute approximate surface area is 186 Å². The van der Waals surface area contributed by atoms with Gasteiger partial charge in [-0.15, -0.1) is 0 Å². The second-order valence-electron chi connectivity index (χ2n) is 7.58. The number of sulfonamides is 1. The number of carbonyl (C=O) groups is 1. The predicted molar refractivity (Wildman–Crippen MR) is 122 cm³/mol. The molecule has 1 N–H and O–H groups in total. The van der Waals surface area contributed by atoms with Gasteiger partial charge in [-0.1, -0.05) is 44.2 Å². The van der Waals surface area contributed by atoms with Gasteiger partial charge in [0.2, 0.25) is 15.9 Å². The number of rotatable bonds is 7. The number of nitrogens with zero attached hydrogens (tertiary/aromatic N) is 1. The van der Waals surface area contributed by atoms with Gasteiger partial charge in [-0.2, -0.15) is 0 Å². The van der Waals surface area contributed by atoms with Crippen molar-refractivity contribution in [2.24, 2.45) is 0 Å². The maximum absolute atomic E-state index is 13.0. The summed E-state index contributed by atoms with van der Waals surface area (Å²) in [5.41, 5.74) is 0.986. The van der Waals surface area contributed by atoms with Crippen molar-refractivity contribution in [3.8, 4) is 5.75 Å². The van der Waals surface area contributed by atoms with Crippen LogP contribution in [0.5, 0.6) is 5.75 Å². The van der Waals surface area contributed by atoms with Crippen LogP contribution in [0.1, 0.15) is 44.7 Å². The molecular formula is C22H27BrN2O4S. The molecule has 3 rings (SSSR count). The number of fused-ring (bicyclic) bond motifs is 1. The average Bonchev–Trinajstić information content (AvgIpc) is 2.71. The summed E-state index contributed by atoms with van der Waals surface area (Å²) in [4.78, 5) is 13.0. The molecule has 0 unspecified atom stereocenters. The lowest BCUT2D eigenvalue weighted by atomic mass is 9.83. The van der Waals surface area contributed by atoms with Crippen LogP contribution in [0, 0.1) is 0 Å². The van der Waals surface area contributed by atoms with Crippen LogP contribution in [0.15, 0.2) is 53.0 Å². The molecule has 2 aromatic carbocycles. The summed E-state index contributed by atoms with van der Waals surface area (Å²) in [5.74, 6) is 0.405. The molecule has 162 valence electrons. The fraction of sp³-hybridized carbons (Fsp3) is 0.409. The van der Waals surface area contributed by atoms with E-state index in [2.05, 4.69) is 35.1 Å². The monoisotopic (exact) mass is 494 g/mol. The summed E-state index contributed by atoms with van der Waals surface area (Å²) >= 11 is 3.38. The van der Waals surface area contributed by atoms with Crippen molar-refractivity contribution in [1.29, 1.82) is 0 Å². The van der Waals surface area contributed by atoms with Crippen LogP contribution in [0.3, 0.4) is 0 Å². The zero-order valence-corrected chi connectivity index (χ0v) is 19.8. The molecule has 1 amide bonds. The van der Waals surface area contributed by atoms with Crippen LogP contribution in [0.2, 0.25) is 0 Å². The smallest absolute Gasteiger partial charge is 0.241 e. The number of carbonyl (C=O) groups excluding carboxylic acids is 1. The Kier molecular flexibility index (Phi) is 6.77. The van der Waals surface area contributed by atoms with Crippen LogP contribution in [-0.2, 0) is 14.8 Å². The highest BCUT2D eigenvalue weighted by Gasteiger charge is 2.39. The zero-order valence-electron chi connectivity index (χ0n) is 17.4. The minimum Gasteiger partial charge on any atom is -0.487 e. The van der Waals surface area contributed by atoms with Crippen molar-refractivity contribution in [3.63, 3.8) is 0 Å². The molecule has 6 nitrogen and oxygen atoms in total. The fourth-order valence-corrected chi connectivity index (χ4v) is 5.32. The normalized spacial score (nSPS) is 17.5. The number of ether oxygens (including phenoxy) is 1. The Morgan fingerprint density at radius 3 is 2.43 bits per heavy atom. The molecule has 1 heterocycles. The van der Waals surface area contributed by atoms with Gasteiger partial charge in [0.05, 0.1) is 18.0 Å². The van der Waals surface area contributed by atoms with Crippen molar-refractivity contribution < 1.29 is 17.9 Å². The molecule has 0 bridgehead atoms. The second-order valence-corrected chi connectivity index (χ2v) is 10.3. The Bertz CT molecular complexity index is 1020. The fourth-order valence-electron chi connectivity index (χ4n) is 3.84. The first-order valence-corrected chi connectivity index (χ1v) is 12.6. The van der Waals surface area contributed by atoms with E-state index >= 15 is 0 Å². The SMILES string of the molecule is CCC1(CC)C[C@@H](NC(=O)CN(c2ccccc2Br)S(C)(=O)=O)c2ccccc2O1. The van der Waals surface area contributed by atoms with Crippen LogP contribution in [0.25, 0.3) is 0 Å². The Morgan fingerprint density at radius 1 is 1.17 bits per heavy atom. The van der Waals surface area contributed by atoms with Gasteiger partial charge in [-0.25, -0.2) is 8.42 Å². The van der Waals surface area contributed by atoms with Gasteiger partial charge in [0, 0.05) is 16.5 Å². The van der Waals surface area contributed by atoms with Gasteiger partial charge < -0.3 is 10.1 Å². The first-order chi connectivity index (χ1) is 14.2. The molecule has 1 aliphatic heterocycles. The largest absolute Gasteiger partial charge is 0.487 e. The number of benzene rings is 2. The van der Waals surface area contributed by atoms with Gasteiger partial charge in [0.1, 0.15) is 17.9 Å². The van der Waals surface area contributed by atoms with Crippen LogP contribution in [-0.4, -0.2) is 32.7 Å². The molecule has 8 heteroatoms. The molecule has 0 saturated carbocycles. The number of anilines is 1. The van der Waals surface area contributed by atoms with Gasteiger partial charge in [0.15, 0.2) is 0 Å². The van der Waals surface area contributed by atoms with Crippen LogP contribution < -0.4 is 14.4 Å². The minimum absolute atomic E-state index is 0.247. The van der Waals surface area contributed by atoms with Gasteiger partial charge in [-0.3, -0.25) is 9.10 Å². The van der Waals surface area contributed by atoms with Crippen molar-refractivity contribution in [2.45, 2.75) is 44.8 Å². The maximum atomic E-state index is 13.0. The molecular weight excluding hydrogens is 468 g/mol. The van der Waals surface area contributed by atoms with E-state index in [0.29, 0.717) is 16.6 Å². The molecule has 0 aromatic heterocycles. The van der Waals surface area contributed by atoms with E-state index in [0.717, 1.165) is 34.7 Å². The summed E-state index contributed by atoms with van der Waals surface area (Å²) in [6.07, 6.45) is 3.37. The molecule has 0 fully saturated rings. The first-order valence-electron chi connectivity index (χ1n) is 9.98. The number of hydrogen-bond acceptors (Lipinski definition) is 4. The molecule has 0 radical (unpaired) electrons. The van der Waals surface area contributed by atoms with E-state index in [1.165, 1.54) is 0 Å². The number of halogens is 1. The molecule has 1 atom stereocenters. The predicted octanol–water partition coefficient (Wildman–Crippen LogP) is 4.41. The van der Waals surface area contributed by atoms with Crippen molar-refractivity contribution in [1.82, 2.24) is 5.32 Å². The number of para-hydroxylation sites is 2. The van der Waals surface area contributed by atoms with E-state index in [1.54, 1.807) is 24.3 Å². The molecule has 1 aliphatic rings. The van der Waals surface area contributed by atoms with E-state index in [1.807, 2.05) is 24.3 Å². The summed E-state index contributed by atoms with van der Waals surface area (Å²) in [6.45, 7) is 3.86. The lowest BCUT2D eigenvalue weighted by molar-refractivity contribution is -0.121. The van der Waals surface area contributed by atoms with Gasteiger partial charge >= 0.3 is 0 Å². The molecule has 2 aromatic rings. The van der Waals surface area contributed by atoms with Crippen LogP contribution in [0.4, 0.5) is 5.69 Å². The average molecular weight is 495 g/mol. The molecule has 0 saturated heterocycles. The lowest BCUT2D eigenvalue weighted by Gasteiger charge is -2.41. The van der Waals surface area contributed by atoms with E-state index < -0.39 is 10.0 Å². The summed E-state index contributed by atoms with van der Waals surface area (Å²) in [7, 11) is -3.65. The van der Waals surface area contributed by atoms with Gasteiger partial charge in [0.25, 0.3) is 0 Å². The third-order valence-corrected chi connectivity index (χ3v) is 7.43. The van der Waals surface area contributed by atoms with E-state index in [9.17, 15) is 13.2 Å². The van der Waals surface area contributed by atoms with Gasteiger partial charge in [-0.05, 0) is 47.0 Å². The molecule has 0 aliphatic carbocycles. The van der Waals surface area contributed by atoms with Crippen molar-refractivity contribution in [3.05, 3.63) is 58.6 Å². The van der Waals surface area contributed by atoms with Crippen LogP contribution >= 0.6 is 15.9 Å². The first kappa shape index (κ1) is 22.6. The quantitative estimate of drug-likeness (QED) is 0.618. The zero-order chi connectivity index (χ0) is 21.9. The number of nitrogens with one attached hydrogen (secondary N) is 1. The third-order valence-electron chi connectivity index (χ3n) is 5.63. The van der Waals surface area contributed by atoms with Crippen molar-refractivity contribution in [2.75, 3.05) is 17.1 Å². The number of amides is 1. The Balaban J connectivity index is 1.86. The Morgan fingerprint density at radius 2 is 1.80 bits per heavy atom. The highest BCUT2D eigenvalue weighted by atomic mass is 79.9. The maximum Gasteiger partial charge on any atom is 0.241 e. The molecule has 30 heavy (non-hydrogen) atoms. The lowest BCUT2D eigenvalue weighted by Crippen LogP contribution is -2.47. The summed E-state index contributed by atoms with van der Waals surface area (Å²) < 4.78 is 32.8. The summed E-state index contributed by atoms with van der Waals surface area (Å²) in [6, 6.07) is 14.4. The summed E-state index contributed by atoms with van der Waals surface area (Å²) in [5, 5.41) is 3.05. The topological polar surface area (TPSA) is 75.7 Å². The Hall–Kier alpha value is -2.06. The molecule has 0 spiro atoms.